The summed E-state index contributed by atoms with van der Waals surface area (Å²) in [7, 11) is -4.71. The SMILES string of the molecule is CCOC(=O)C(C)(C)C(C)OS(=O)(=O)ON(C(N)=O)C1CCC(C(N)=O)CC1. The molecule has 1 atom stereocenters. The van der Waals surface area contributed by atoms with E-state index < -0.39 is 45.9 Å². The monoisotopic (exact) mass is 423 g/mol. The third kappa shape index (κ3) is 6.31. The summed E-state index contributed by atoms with van der Waals surface area (Å²) in [5.74, 6) is -1.44. The van der Waals surface area contributed by atoms with Crippen molar-refractivity contribution in [1.29, 1.82) is 0 Å². The first-order chi connectivity index (χ1) is 12.8. The van der Waals surface area contributed by atoms with Gasteiger partial charge in [0, 0.05) is 5.92 Å². The fraction of sp³-hybridized carbons (Fsp3) is 0.812. The summed E-state index contributed by atoms with van der Waals surface area (Å²) < 4.78 is 39.2. The number of primary amides is 2. The Morgan fingerprint density at radius 3 is 2.11 bits per heavy atom. The molecule has 0 radical (unpaired) electrons. The molecule has 1 aliphatic carbocycles. The fourth-order valence-corrected chi connectivity index (χ4v) is 3.79. The molecule has 1 unspecified atom stereocenters. The van der Waals surface area contributed by atoms with Gasteiger partial charge in [-0.3, -0.25) is 9.59 Å². The number of urea groups is 1. The van der Waals surface area contributed by atoms with Gasteiger partial charge in [-0.05, 0) is 53.4 Å². The van der Waals surface area contributed by atoms with Crippen LogP contribution in [0, 0.1) is 11.3 Å². The number of amides is 3. The summed E-state index contributed by atoms with van der Waals surface area (Å²) in [5.41, 5.74) is 9.22. The molecule has 1 fully saturated rings. The second-order valence-electron chi connectivity index (χ2n) is 7.24. The van der Waals surface area contributed by atoms with Gasteiger partial charge in [0.05, 0.1) is 24.2 Å². The maximum Gasteiger partial charge on any atom is 0.421 e. The van der Waals surface area contributed by atoms with Gasteiger partial charge in [-0.15, -0.1) is 4.28 Å². The average Bonchev–Trinajstić information content (AvgIpc) is 2.59. The molecule has 1 aliphatic rings. The van der Waals surface area contributed by atoms with Gasteiger partial charge < -0.3 is 16.2 Å². The number of hydrogen-bond acceptors (Lipinski definition) is 8. The predicted octanol–water partition coefficient (Wildman–Crippen LogP) is 0.582. The highest BCUT2D eigenvalue weighted by atomic mass is 32.3. The molecule has 0 bridgehead atoms. The van der Waals surface area contributed by atoms with E-state index in [-0.39, 0.29) is 25.4 Å². The predicted molar refractivity (Wildman–Crippen MR) is 97.3 cm³/mol. The van der Waals surface area contributed by atoms with Gasteiger partial charge in [0.2, 0.25) is 5.91 Å². The van der Waals surface area contributed by atoms with Crippen molar-refractivity contribution in [1.82, 2.24) is 5.06 Å². The summed E-state index contributed by atoms with van der Waals surface area (Å²) in [5, 5.41) is 0.524. The van der Waals surface area contributed by atoms with Gasteiger partial charge in [0.25, 0.3) is 0 Å². The minimum absolute atomic E-state index is 0.127. The number of nitrogens with two attached hydrogens (primary N) is 2. The Kier molecular flexibility index (Phi) is 8.20. The highest BCUT2D eigenvalue weighted by Gasteiger charge is 2.41. The van der Waals surface area contributed by atoms with E-state index in [1.54, 1.807) is 6.92 Å². The Balaban J connectivity index is 2.82. The molecule has 11 nitrogen and oxygen atoms in total. The van der Waals surface area contributed by atoms with Crippen molar-refractivity contribution in [3.05, 3.63) is 0 Å². The van der Waals surface area contributed by atoms with Crippen LogP contribution in [0.4, 0.5) is 4.79 Å². The lowest BCUT2D eigenvalue weighted by molar-refractivity contribution is -0.158. The smallest absolute Gasteiger partial charge is 0.421 e. The highest BCUT2D eigenvalue weighted by molar-refractivity contribution is 7.81. The second kappa shape index (κ2) is 9.52. The first kappa shape index (κ1) is 24.1. The quantitative estimate of drug-likeness (QED) is 0.401. The molecule has 0 heterocycles. The van der Waals surface area contributed by atoms with Crippen LogP contribution in [0.25, 0.3) is 0 Å². The number of ether oxygens (including phenoxy) is 1. The van der Waals surface area contributed by atoms with Gasteiger partial charge in [0.15, 0.2) is 0 Å². The van der Waals surface area contributed by atoms with Crippen LogP contribution in [-0.2, 0) is 33.2 Å². The van der Waals surface area contributed by atoms with Gasteiger partial charge in [-0.1, -0.05) is 0 Å². The number of esters is 1. The van der Waals surface area contributed by atoms with Crippen molar-refractivity contribution < 1.29 is 36.0 Å². The summed E-state index contributed by atoms with van der Waals surface area (Å²) in [6.07, 6.45) is 0.184. The van der Waals surface area contributed by atoms with E-state index in [1.165, 1.54) is 20.8 Å². The van der Waals surface area contributed by atoms with Crippen LogP contribution in [0.2, 0.25) is 0 Å². The lowest BCUT2D eigenvalue weighted by Gasteiger charge is -2.34. The summed E-state index contributed by atoms with van der Waals surface area (Å²) in [4.78, 5) is 34.9. The Morgan fingerprint density at radius 2 is 1.68 bits per heavy atom. The van der Waals surface area contributed by atoms with Crippen LogP contribution in [0.3, 0.4) is 0 Å². The zero-order valence-electron chi connectivity index (χ0n) is 16.5. The van der Waals surface area contributed by atoms with E-state index in [1.807, 2.05) is 0 Å². The molecule has 0 aromatic carbocycles. The summed E-state index contributed by atoms with van der Waals surface area (Å²) in [6.45, 7) is 6.04. The molecule has 3 amide bonds. The molecule has 1 rings (SSSR count). The lowest BCUT2D eigenvalue weighted by atomic mass is 9.85. The van der Waals surface area contributed by atoms with Gasteiger partial charge in [-0.25, -0.2) is 8.98 Å². The lowest BCUT2D eigenvalue weighted by Crippen LogP contribution is -2.48. The zero-order valence-corrected chi connectivity index (χ0v) is 17.4. The molecule has 0 spiro atoms. The minimum Gasteiger partial charge on any atom is -0.466 e. The third-order valence-corrected chi connectivity index (χ3v) is 5.77. The zero-order chi connectivity index (χ0) is 21.7. The summed E-state index contributed by atoms with van der Waals surface area (Å²) >= 11 is 0. The summed E-state index contributed by atoms with van der Waals surface area (Å²) in [6, 6.07) is -1.77. The maximum atomic E-state index is 12.3. The molecule has 1 saturated carbocycles. The number of hydroxylamine groups is 2. The van der Waals surface area contributed by atoms with Crippen molar-refractivity contribution in [2.75, 3.05) is 6.61 Å². The first-order valence-electron chi connectivity index (χ1n) is 8.99. The first-order valence-corrected chi connectivity index (χ1v) is 10.3. The van der Waals surface area contributed by atoms with Crippen molar-refractivity contribution in [2.45, 2.75) is 65.5 Å². The molecular formula is C16H29N3O8S. The highest BCUT2D eigenvalue weighted by Crippen LogP contribution is 2.30. The van der Waals surface area contributed by atoms with E-state index in [0.29, 0.717) is 17.9 Å². The number of rotatable bonds is 9. The van der Waals surface area contributed by atoms with Gasteiger partial charge in [-0.2, -0.15) is 13.5 Å². The van der Waals surface area contributed by atoms with Crippen LogP contribution >= 0.6 is 0 Å². The van der Waals surface area contributed by atoms with Crippen LogP contribution in [0.1, 0.15) is 53.4 Å². The molecule has 12 heteroatoms. The van der Waals surface area contributed by atoms with Crippen molar-refractivity contribution in [3.63, 3.8) is 0 Å². The van der Waals surface area contributed by atoms with Crippen molar-refractivity contribution in [3.8, 4) is 0 Å². The van der Waals surface area contributed by atoms with Gasteiger partial charge >= 0.3 is 22.4 Å². The van der Waals surface area contributed by atoms with E-state index in [2.05, 4.69) is 0 Å². The molecule has 0 saturated heterocycles. The number of carbonyl (C=O) groups is 3. The van der Waals surface area contributed by atoms with Crippen LogP contribution < -0.4 is 11.5 Å². The minimum atomic E-state index is -4.71. The van der Waals surface area contributed by atoms with Crippen LogP contribution in [0.15, 0.2) is 0 Å². The molecule has 28 heavy (non-hydrogen) atoms. The van der Waals surface area contributed by atoms with E-state index in [9.17, 15) is 22.8 Å². The standard InChI is InChI=1S/C16H29N3O8S/c1-5-25-14(21)16(3,4)10(2)26-28(23,24)27-19(15(18)22)12-8-6-11(7-9-12)13(17)20/h10-12H,5-9H2,1-4H3,(H2,17,20)(H2,18,22). The molecule has 0 aromatic heterocycles. The topological polar surface area (TPSA) is 168 Å². The van der Waals surface area contributed by atoms with E-state index in [4.69, 9.17) is 24.7 Å². The fourth-order valence-electron chi connectivity index (χ4n) is 2.77. The molecule has 0 aromatic rings. The maximum absolute atomic E-state index is 12.3. The molecule has 162 valence electrons. The Hall–Kier alpha value is -1.92. The Bertz CT molecular complexity index is 686. The average molecular weight is 423 g/mol. The van der Waals surface area contributed by atoms with Crippen molar-refractivity contribution >= 4 is 28.3 Å². The van der Waals surface area contributed by atoms with Crippen molar-refractivity contribution in [2.24, 2.45) is 22.8 Å². The van der Waals surface area contributed by atoms with Gasteiger partial charge in [0.1, 0.15) is 0 Å². The van der Waals surface area contributed by atoms with Crippen LogP contribution in [0.5, 0.6) is 0 Å². The molecule has 4 N–H and O–H groups in total. The normalized spacial score (nSPS) is 21.6. The van der Waals surface area contributed by atoms with Crippen LogP contribution in [-0.4, -0.2) is 50.1 Å². The molecule has 0 aliphatic heterocycles. The number of nitrogens with zero attached hydrogens (tertiary/aromatic N) is 1. The molecular weight excluding hydrogens is 394 g/mol. The Labute approximate surface area is 164 Å². The second-order valence-corrected chi connectivity index (χ2v) is 8.39. The van der Waals surface area contributed by atoms with E-state index >= 15 is 0 Å². The number of hydrogen-bond donors (Lipinski definition) is 2. The number of carbonyl (C=O) groups excluding carboxylic acids is 3. The Morgan fingerprint density at radius 1 is 1.14 bits per heavy atom. The third-order valence-electron chi connectivity index (χ3n) is 4.90. The van der Waals surface area contributed by atoms with E-state index in [0.717, 1.165) is 0 Å². The largest absolute Gasteiger partial charge is 0.466 e.